The van der Waals surface area contributed by atoms with Gasteiger partial charge in [0.05, 0.1) is 19.1 Å². The molecule has 1 amide bonds. The molecule has 6 nitrogen and oxygen atoms in total. The smallest absolute Gasteiger partial charge is 0.255 e. The molecule has 0 radical (unpaired) electrons. The minimum Gasteiger partial charge on any atom is -0.497 e. The van der Waals surface area contributed by atoms with Crippen LogP contribution in [-0.2, 0) is 0 Å². The molecule has 1 aromatic heterocycles. The molecular weight excluding hydrogens is 394 g/mol. The van der Waals surface area contributed by atoms with E-state index in [1.54, 1.807) is 49.6 Å². The lowest BCUT2D eigenvalue weighted by Crippen LogP contribution is -2.12. The first-order valence-electron chi connectivity index (χ1n) is 9.84. The van der Waals surface area contributed by atoms with Crippen molar-refractivity contribution in [2.45, 2.75) is 6.92 Å². The molecule has 0 saturated heterocycles. The van der Waals surface area contributed by atoms with E-state index in [-0.39, 0.29) is 11.3 Å². The molecule has 1 heterocycles. The predicted octanol–water partition coefficient (Wildman–Crippen LogP) is 5.12. The van der Waals surface area contributed by atoms with Crippen molar-refractivity contribution in [1.82, 2.24) is 0 Å². The average Bonchev–Trinajstić information content (AvgIpc) is 2.80. The van der Waals surface area contributed by atoms with Crippen LogP contribution in [0.5, 0.6) is 11.5 Å². The Labute approximate surface area is 179 Å². The zero-order chi connectivity index (χ0) is 21.8. The zero-order valence-corrected chi connectivity index (χ0v) is 17.2. The molecule has 0 atom stereocenters. The Hall–Kier alpha value is -4.06. The van der Waals surface area contributed by atoms with E-state index in [0.717, 1.165) is 11.3 Å². The van der Waals surface area contributed by atoms with E-state index in [1.807, 2.05) is 31.2 Å². The van der Waals surface area contributed by atoms with Crippen molar-refractivity contribution in [3.63, 3.8) is 0 Å². The largest absolute Gasteiger partial charge is 0.497 e. The van der Waals surface area contributed by atoms with Gasteiger partial charge < -0.3 is 19.2 Å². The number of ether oxygens (including phenoxy) is 2. The first kappa shape index (κ1) is 20.2. The Morgan fingerprint density at radius 3 is 2.32 bits per heavy atom. The second-order valence-electron chi connectivity index (χ2n) is 6.83. The van der Waals surface area contributed by atoms with Gasteiger partial charge in [-0.3, -0.25) is 9.59 Å². The molecule has 4 rings (SSSR count). The lowest BCUT2D eigenvalue weighted by molar-refractivity contribution is 0.102. The van der Waals surface area contributed by atoms with Crippen LogP contribution in [0.3, 0.4) is 0 Å². The van der Waals surface area contributed by atoms with Crippen LogP contribution in [0.4, 0.5) is 5.69 Å². The number of anilines is 1. The van der Waals surface area contributed by atoms with Crippen molar-refractivity contribution in [3.05, 3.63) is 88.6 Å². The summed E-state index contributed by atoms with van der Waals surface area (Å²) in [5, 5.41) is 3.20. The topological polar surface area (TPSA) is 77.8 Å². The highest BCUT2D eigenvalue weighted by Gasteiger charge is 2.11. The summed E-state index contributed by atoms with van der Waals surface area (Å²) in [6.45, 7) is 2.51. The first-order chi connectivity index (χ1) is 15.1. The number of benzene rings is 3. The van der Waals surface area contributed by atoms with Gasteiger partial charge in [0.1, 0.15) is 22.8 Å². The summed E-state index contributed by atoms with van der Waals surface area (Å²) < 4.78 is 16.5. The number of hydrogen-bond donors (Lipinski definition) is 1. The molecule has 6 heteroatoms. The maximum absolute atomic E-state index is 12.7. The summed E-state index contributed by atoms with van der Waals surface area (Å²) >= 11 is 0. The average molecular weight is 415 g/mol. The molecule has 0 saturated carbocycles. The quantitative estimate of drug-likeness (QED) is 0.473. The van der Waals surface area contributed by atoms with Crippen LogP contribution in [-0.4, -0.2) is 19.6 Å². The summed E-state index contributed by atoms with van der Waals surface area (Å²) in [4.78, 5) is 25.2. The monoisotopic (exact) mass is 415 g/mol. The third-order valence-corrected chi connectivity index (χ3v) is 4.79. The number of methoxy groups -OCH3 is 1. The van der Waals surface area contributed by atoms with Crippen LogP contribution in [0.15, 0.2) is 82.0 Å². The standard InChI is InChI=1S/C25H21NO5/c1-3-30-20-11-4-16(5-12-20)24-15-22(27)21-14-18(8-13-23(21)31-24)26-25(28)17-6-9-19(29-2)10-7-17/h4-15H,3H2,1-2H3,(H,26,28). The molecule has 0 bridgehead atoms. The second-order valence-corrected chi connectivity index (χ2v) is 6.83. The van der Waals surface area contributed by atoms with Gasteiger partial charge in [-0.25, -0.2) is 0 Å². The van der Waals surface area contributed by atoms with Crippen molar-refractivity contribution < 1.29 is 18.7 Å². The zero-order valence-electron chi connectivity index (χ0n) is 17.2. The van der Waals surface area contributed by atoms with E-state index in [0.29, 0.717) is 40.3 Å². The molecule has 156 valence electrons. The van der Waals surface area contributed by atoms with Crippen LogP contribution in [0.1, 0.15) is 17.3 Å². The number of fused-ring (bicyclic) bond motifs is 1. The van der Waals surface area contributed by atoms with Crippen molar-refractivity contribution >= 4 is 22.6 Å². The summed E-state index contributed by atoms with van der Waals surface area (Å²) in [5.74, 6) is 1.61. The number of nitrogens with one attached hydrogen (secondary N) is 1. The van der Waals surface area contributed by atoms with Crippen LogP contribution in [0.2, 0.25) is 0 Å². The third kappa shape index (κ3) is 4.43. The molecule has 3 aromatic carbocycles. The lowest BCUT2D eigenvalue weighted by atomic mass is 10.1. The molecular formula is C25H21NO5. The van der Waals surface area contributed by atoms with Crippen molar-refractivity contribution in [2.75, 3.05) is 19.0 Å². The van der Waals surface area contributed by atoms with Gasteiger partial charge in [0, 0.05) is 22.9 Å². The van der Waals surface area contributed by atoms with E-state index in [4.69, 9.17) is 13.9 Å². The fourth-order valence-electron chi connectivity index (χ4n) is 3.20. The minimum absolute atomic E-state index is 0.189. The Balaban J connectivity index is 1.59. The van der Waals surface area contributed by atoms with Gasteiger partial charge in [0.15, 0.2) is 5.43 Å². The van der Waals surface area contributed by atoms with Crippen LogP contribution < -0.4 is 20.2 Å². The van der Waals surface area contributed by atoms with Crippen LogP contribution in [0, 0.1) is 0 Å². The minimum atomic E-state index is -0.280. The summed E-state index contributed by atoms with van der Waals surface area (Å²) in [6, 6.07) is 20.6. The summed E-state index contributed by atoms with van der Waals surface area (Å²) in [7, 11) is 1.57. The van der Waals surface area contributed by atoms with Gasteiger partial charge in [0.2, 0.25) is 0 Å². The maximum Gasteiger partial charge on any atom is 0.255 e. The molecule has 31 heavy (non-hydrogen) atoms. The SMILES string of the molecule is CCOc1ccc(-c2cc(=O)c3cc(NC(=O)c4ccc(OC)cc4)ccc3o2)cc1. The number of hydrogen-bond acceptors (Lipinski definition) is 5. The van der Waals surface area contributed by atoms with E-state index in [2.05, 4.69) is 5.32 Å². The number of carbonyl (C=O) groups is 1. The van der Waals surface area contributed by atoms with E-state index < -0.39 is 0 Å². The number of rotatable bonds is 6. The van der Waals surface area contributed by atoms with Crippen molar-refractivity contribution in [2.24, 2.45) is 0 Å². The highest BCUT2D eigenvalue weighted by Crippen LogP contribution is 2.26. The number of amides is 1. The first-order valence-corrected chi connectivity index (χ1v) is 9.84. The normalized spacial score (nSPS) is 10.6. The number of carbonyl (C=O) groups excluding carboxylic acids is 1. The molecule has 0 aliphatic rings. The van der Waals surface area contributed by atoms with Gasteiger partial charge in [-0.05, 0) is 73.7 Å². The van der Waals surface area contributed by atoms with Gasteiger partial charge in [-0.2, -0.15) is 0 Å². The molecule has 0 aliphatic heterocycles. The summed E-state index contributed by atoms with van der Waals surface area (Å²) in [6.07, 6.45) is 0. The molecule has 0 spiro atoms. The molecule has 1 N–H and O–H groups in total. The maximum atomic E-state index is 12.7. The Morgan fingerprint density at radius 1 is 0.935 bits per heavy atom. The second kappa shape index (κ2) is 8.75. The van der Waals surface area contributed by atoms with Gasteiger partial charge >= 0.3 is 0 Å². The predicted molar refractivity (Wildman–Crippen MR) is 120 cm³/mol. The van der Waals surface area contributed by atoms with Gasteiger partial charge in [0.25, 0.3) is 5.91 Å². The Morgan fingerprint density at radius 2 is 1.65 bits per heavy atom. The van der Waals surface area contributed by atoms with E-state index in [1.165, 1.54) is 6.07 Å². The van der Waals surface area contributed by atoms with Crippen molar-refractivity contribution in [1.29, 1.82) is 0 Å². The highest BCUT2D eigenvalue weighted by molar-refractivity contribution is 6.05. The van der Waals surface area contributed by atoms with Gasteiger partial charge in [-0.1, -0.05) is 0 Å². The van der Waals surface area contributed by atoms with Crippen molar-refractivity contribution in [3.8, 4) is 22.8 Å². The highest BCUT2D eigenvalue weighted by atomic mass is 16.5. The van der Waals surface area contributed by atoms with Gasteiger partial charge in [-0.15, -0.1) is 0 Å². The van der Waals surface area contributed by atoms with Crippen LogP contribution >= 0.6 is 0 Å². The lowest BCUT2D eigenvalue weighted by Gasteiger charge is -2.08. The molecule has 0 aliphatic carbocycles. The fourth-order valence-corrected chi connectivity index (χ4v) is 3.20. The Kier molecular flexibility index (Phi) is 5.71. The Bertz CT molecular complexity index is 1270. The molecule has 0 fully saturated rings. The van der Waals surface area contributed by atoms with Crippen LogP contribution in [0.25, 0.3) is 22.3 Å². The molecule has 4 aromatic rings. The molecule has 0 unspecified atom stereocenters. The fraction of sp³-hybridized carbons (Fsp3) is 0.120. The third-order valence-electron chi connectivity index (χ3n) is 4.79. The van der Waals surface area contributed by atoms with E-state index >= 15 is 0 Å². The van der Waals surface area contributed by atoms with E-state index in [9.17, 15) is 9.59 Å². The summed E-state index contributed by atoms with van der Waals surface area (Å²) in [5.41, 5.74) is 2.03.